The van der Waals surface area contributed by atoms with Gasteiger partial charge in [0.25, 0.3) is 0 Å². The van der Waals surface area contributed by atoms with Gasteiger partial charge in [-0.2, -0.15) is 0 Å². The Balaban J connectivity index is 0.000000720. The van der Waals surface area contributed by atoms with E-state index in [9.17, 15) is 4.79 Å². The van der Waals surface area contributed by atoms with Gasteiger partial charge in [0.15, 0.2) is 0 Å². The molecule has 4 unspecified atom stereocenters. The molecule has 0 aromatic carbocycles. The van der Waals surface area contributed by atoms with Crippen molar-refractivity contribution in [2.45, 2.75) is 18.9 Å². The van der Waals surface area contributed by atoms with E-state index in [0.29, 0.717) is 11.8 Å². The Bertz CT molecular complexity index is 197. The maximum absolute atomic E-state index is 11.1. The summed E-state index contributed by atoms with van der Waals surface area (Å²) in [6.45, 7) is 0. The molecule has 0 aromatic rings. The molecule has 0 heterocycles. The van der Waals surface area contributed by atoms with Gasteiger partial charge in [-0.15, -0.1) is 12.4 Å². The van der Waals surface area contributed by atoms with Crippen LogP contribution in [0.4, 0.5) is 0 Å². The lowest BCUT2D eigenvalue weighted by atomic mass is 10.0. The van der Waals surface area contributed by atoms with Crippen LogP contribution in [0, 0.1) is 17.8 Å². The second-order valence-corrected chi connectivity index (χ2v) is 3.59. The van der Waals surface area contributed by atoms with E-state index >= 15 is 0 Å². The van der Waals surface area contributed by atoms with E-state index in [4.69, 9.17) is 5.73 Å². The highest BCUT2D eigenvalue weighted by molar-refractivity contribution is 5.85. The largest absolute Gasteiger partial charge is 0.469 e. The zero-order valence-corrected chi connectivity index (χ0v) is 7.84. The van der Waals surface area contributed by atoms with Gasteiger partial charge in [0.2, 0.25) is 0 Å². The Morgan fingerprint density at radius 1 is 1.42 bits per heavy atom. The number of rotatable bonds is 1. The summed E-state index contributed by atoms with van der Waals surface area (Å²) >= 11 is 0. The lowest BCUT2D eigenvalue weighted by Crippen LogP contribution is -2.23. The van der Waals surface area contributed by atoms with Crippen LogP contribution < -0.4 is 5.73 Å². The van der Waals surface area contributed by atoms with Crippen LogP contribution in [0.1, 0.15) is 12.8 Å². The number of fused-ring (bicyclic) bond motifs is 1. The molecule has 2 fully saturated rings. The molecular weight excluding hydrogens is 178 g/mol. The lowest BCUT2D eigenvalue weighted by molar-refractivity contribution is -0.145. The van der Waals surface area contributed by atoms with Gasteiger partial charge in [0, 0.05) is 6.04 Å². The molecule has 0 aliphatic heterocycles. The maximum Gasteiger partial charge on any atom is 0.309 e. The molecular formula is C8H14ClNO2. The molecule has 0 spiro atoms. The third kappa shape index (κ3) is 1.31. The molecule has 70 valence electrons. The van der Waals surface area contributed by atoms with Gasteiger partial charge < -0.3 is 10.5 Å². The van der Waals surface area contributed by atoms with Crippen LogP contribution in [-0.4, -0.2) is 19.1 Å². The fourth-order valence-electron chi connectivity index (χ4n) is 2.26. The van der Waals surface area contributed by atoms with E-state index < -0.39 is 0 Å². The van der Waals surface area contributed by atoms with E-state index in [0.717, 1.165) is 12.8 Å². The van der Waals surface area contributed by atoms with Gasteiger partial charge in [0.1, 0.15) is 0 Å². The van der Waals surface area contributed by atoms with Crippen molar-refractivity contribution in [3.8, 4) is 0 Å². The van der Waals surface area contributed by atoms with E-state index in [1.807, 2.05) is 0 Å². The summed E-state index contributed by atoms with van der Waals surface area (Å²) in [4.78, 5) is 11.1. The standard InChI is InChI=1S/C8H13NO2.ClH/c1-11-8(10)6-3-7(9)5-2-4(5)6;/h4-7H,2-3,9H2,1H3;1H. The molecule has 0 radical (unpaired) electrons. The van der Waals surface area contributed by atoms with Gasteiger partial charge >= 0.3 is 5.97 Å². The molecule has 2 aliphatic rings. The van der Waals surface area contributed by atoms with Gasteiger partial charge in [-0.05, 0) is 24.7 Å². The summed E-state index contributed by atoms with van der Waals surface area (Å²) in [5.41, 5.74) is 5.80. The van der Waals surface area contributed by atoms with Crippen molar-refractivity contribution in [2.75, 3.05) is 7.11 Å². The fraction of sp³-hybridized carbons (Fsp3) is 0.875. The maximum atomic E-state index is 11.1. The Morgan fingerprint density at radius 3 is 2.42 bits per heavy atom. The first kappa shape index (κ1) is 9.81. The third-order valence-corrected chi connectivity index (χ3v) is 2.99. The third-order valence-electron chi connectivity index (χ3n) is 2.99. The zero-order chi connectivity index (χ0) is 8.01. The van der Waals surface area contributed by atoms with Crippen LogP contribution in [0.2, 0.25) is 0 Å². The van der Waals surface area contributed by atoms with Crippen molar-refractivity contribution in [3.63, 3.8) is 0 Å². The highest BCUT2D eigenvalue weighted by Crippen LogP contribution is 2.54. The average Bonchev–Trinajstić information content (AvgIpc) is 2.72. The monoisotopic (exact) mass is 191 g/mol. The quantitative estimate of drug-likeness (QED) is 0.617. The molecule has 0 aromatic heterocycles. The van der Waals surface area contributed by atoms with Crippen molar-refractivity contribution in [2.24, 2.45) is 23.5 Å². The van der Waals surface area contributed by atoms with Crippen LogP contribution in [0.25, 0.3) is 0 Å². The number of methoxy groups -OCH3 is 1. The Kier molecular flexibility index (Phi) is 2.64. The lowest BCUT2D eigenvalue weighted by Gasteiger charge is -2.09. The van der Waals surface area contributed by atoms with Gasteiger partial charge in [-0.1, -0.05) is 0 Å². The van der Waals surface area contributed by atoms with Gasteiger partial charge in [-0.25, -0.2) is 0 Å². The average molecular weight is 192 g/mol. The SMILES string of the molecule is COC(=O)C1CC(N)C2CC12.Cl. The summed E-state index contributed by atoms with van der Waals surface area (Å²) in [7, 11) is 1.45. The Hall–Kier alpha value is -0.280. The number of esters is 1. The summed E-state index contributed by atoms with van der Waals surface area (Å²) < 4.78 is 4.69. The smallest absolute Gasteiger partial charge is 0.309 e. The second kappa shape index (κ2) is 3.23. The molecule has 2 aliphatic carbocycles. The van der Waals surface area contributed by atoms with Gasteiger partial charge in [-0.3, -0.25) is 4.79 Å². The van der Waals surface area contributed by atoms with Crippen molar-refractivity contribution in [1.82, 2.24) is 0 Å². The van der Waals surface area contributed by atoms with Crippen LogP contribution in [-0.2, 0) is 9.53 Å². The summed E-state index contributed by atoms with van der Waals surface area (Å²) in [6, 6.07) is 0.254. The first-order chi connectivity index (χ1) is 5.24. The van der Waals surface area contributed by atoms with E-state index in [1.54, 1.807) is 0 Å². The number of hydrogen-bond acceptors (Lipinski definition) is 3. The van der Waals surface area contributed by atoms with Crippen molar-refractivity contribution in [3.05, 3.63) is 0 Å². The molecule has 4 heteroatoms. The van der Waals surface area contributed by atoms with Crippen LogP contribution in [0.5, 0.6) is 0 Å². The normalized spacial score (nSPS) is 42.8. The van der Waals surface area contributed by atoms with Crippen molar-refractivity contribution < 1.29 is 9.53 Å². The van der Waals surface area contributed by atoms with Crippen LogP contribution >= 0.6 is 12.4 Å². The van der Waals surface area contributed by atoms with Crippen LogP contribution in [0.15, 0.2) is 0 Å². The first-order valence-corrected chi connectivity index (χ1v) is 4.07. The molecule has 2 N–H and O–H groups in total. The molecule has 0 saturated heterocycles. The predicted molar refractivity (Wildman–Crippen MR) is 46.9 cm³/mol. The molecule has 0 bridgehead atoms. The number of halogens is 1. The van der Waals surface area contributed by atoms with E-state index in [1.165, 1.54) is 7.11 Å². The van der Waals surface area contributed by atoms with Gasteiger partial charge in [0.05, 0.1) is 13.0 Å². The zero-order valence-electron chi connectivity index (χ0n) is 7.03. The summed E-state index contributed by atoms with van der Waals surface area (Å²) in [5, 5.41) is 0. The molecule has 12 heavy (non-hydrogen) atoms. The number of ether oxygens (including phenoxy) is 1. The first-order valence-electron chi connectivity index (χ1n) is 4.07. The molecule has 2 saturated carbocycles. The number of carbonyl (C=O) groups is 1. The van der Waals surface area contributed by atoms with Crippen molar-refractivity contribution in [1.29, 1.82) is 0 Å². The summed E-state index contributed by atoms with van der Waals surface area (Å²) in [6.07, 6.45) is 1.98. The predicted octanol–water partition coefficient (Wildman–Crippen LogP) is 0.565. The minimum atomic E-state index is -0.0644. The topological polar surface area (TPSA) is 52.3 Å². The number of carbonyl (C=O) groups excluding carboxylic acids is 1. The Labute approximate surface area is 78.1 Å². The minimum absolute atomic E-state index is 0. The minimum Gasteiger partial charge on any atom is -0.469 e. The number of hydrogen-bond donors (Lipinski definition) is 1. The molecule has 2 rings (SSSR count). The van der Waals surface area contributed by atoms with E-state index in [2.05, 4.69) is 4.74 Å². The fourth-order valence-corrected chi connectivity index (χ4v) is 2.26. The number of nitrogens with two attached hydrogens (primary N) is 1. The summed E-state index contributed by atoms with van der Waals surface area (Å²) in [5.74, 6) is 1.22. The second-order valence-electron chi connectivity index (χ2n) is 3.59. The van der Waals surface area contributed by atoms with Crippen LogP contribution in [0.3, 0.4) is 0 Å². The highest BCUT2D eigenvalue weighted by atomic mass is 35.5. The Morgan fingerprint density at radius 2 is 2.08 bits per heavy atom. The molecule has 4 atom stereocenters. The molecule has 0 amide bonds. The molecule has 3 nitrogen and oxygen atoms in total. The van der Waals surface area contributed by atoms with E-state index in [-0.39, 0.29) is 30.3 Å². The highest BCUT2D eigenvalue weighted by Gasteiger charge is 2.55. The van der Waals surface area contributed by atoms with Crippen molar-refractivity contribution >= 4 is 18.4 Å².